The molecule has 0 spiro atoms. The van der Waals surface area contributed by atoms with Gasteiger partial charge in [0, 0.05) is 19.1 Å². The van der Waals surface area contributed by atoms with Gasteiger partial charge in [0.1, 0.15) is 11.6 Å². The Morgan fingerprint density at radius 3 is 2.94 bits per heavy atom. The Hall–Kier alpha value is -0.940. The largest absolute Gasteiger partial charge is 0.318 e. The fourth-order valence-electron chi connectivity index (χ4n) is 2.70. The van der Waals surface area contributed by atoms with Crippen LogP contribution in [0.1, 0.15) is 31.4 Å². The summed E-state index contributed by atoms with van der Waals surface area (Å²) in [4.78, 5) is 2.52. The maximum atomic E-state index is 4.30. The maximum Gasteiger partial charge on any atom is 0.147 e. The predicted molar refractivity (Wildman–Crippen MR) is 67.8 cm³/mol. The Balaban J connectivity index is 2.04. The maximum absolute atomic E-state index is 4.30. The number of likely N-dealkylation sites (tertiary alicyclic amines) is 1. The molecule has 1 atom stereocenters. The number of likely N-dealkylation sites (N-methyl/N-ethyl adjacent to an activating group) is 1. The van der Waals surface area contributed by atoms with Crippen molar-refractivity contribution in [3.8, 4) is 0 Å². The van der Waals surface area contributed by atoms with Gasteiger partial charge in [-0.2, -0.15) is 0 Å². The van der Waals surface area contributed by atoms with Gasteiger partial charge in [-0.25, -0.2) is 0 Å². The number of nitrogens with one attached hydrogen (secondary N) is 1. The Kier molecular flexibility index (Phi) is 4.12. The van der Waals surface area contributed by atoms with Crippen molar-refractivity contribution in [1.82, 2.24) is 25.0 Å². The average molecular weight is 237 g/mol. The molecule has 1 aliphatic heterocycles. The van der Waals surface area contributed by atoms with E-state index in [2.05, 4.69) is 31.9 Å². The van der Waals surface area contributed by atoms with Gasteiger partial charge in [-0.05, 0) is 40.3 Å². The van der Waals surface area contributed by atoms with Crippen molar-refractivity contribution < 1.29 is 0 Å². The van der Waals surface area contributed by atoms with Crippen LogP contribution < -0.4 is 5.32 Å². The van der Waals surface area contributed by atoms with Crippen LogP contribution in [-0.4, -0.2) is 45.8 Å². The van der Waals surface area contributed by atoms with Crippen LogP contribution >= 0.6 is 0 Å². The van der Waals surface area contributed by atoms with Crippen molar-refractivity contribution in [2.24, 2.45) is 0 Å². The molecule has 5 nitrogen and oxygen atoms in total. The van der Waals surface area contributed by atoms with E-state index in [9.17, 15) is 0 Å². The van der Waals surface area contributed by atoms with Crippen LogP contribution in [0.3, 0.4) is 0 Å². The first-order valence-electron chi connectivity index (χ1n) is 6.53. The van der Waals surface area contributed by atoms with Gasteiger partial charge in [-0.15, -0.1) is 10.2 Å². The molecule has 1 aliphatic rings. The molecular weight excluding hydrogens is 214 g/mol. The van der Waals surface area contributed by atoms with Gasteiger partial charge >= 0.3 is 0 Å². The van der Waals surface area contributed by atoms with Crippen LogP contribution in [0.25, 0.3) is 0 Å². The summed E-state index contributed by atoms with van der Waals surface area (Å²) in [7, 11) is 2.02. The number of aryl methyl sites for hydroxylation is 1. The first-order valence-corrected chi connectivity index (χ1v) is 6.53. The summed E-state index contributed by atoms with van der Waals surface area (Å²) in [6, 6.07) is 0.655. The van der Waals surface area contributed by atoms with E-state index >= 15 is 0 Å². The van der Waals surface area contributed by atoms with Crippen LogP contribution in [0, 0.1) is 6.92 Å². The number of hydrogen-bond acceptors (Lipinski definition) is 4. The zero-order chi connectivity index (χ0) is 12.3. The molecular formula is C12H23N5. The van der Waals surface area contributed by atoms with Gasteiger partial charge < -0.3 is 9.88 Å². The second-order valence-electron chi connectivity index (χ2n) is 4.73. The van der Waals surface area contributed by atoms with Crippen LogP contribution in [0.4, 0.5) is 0 Å². The molecule has 0 aromatic carbocycles. The average Bonchev–Trinajstić information content (AvgIpc) is 2.88. The third-order valence-corrected chi connectivity index (χ3v) is 3.61. The molecule has 0 radical (unpaired) electrons. The lowest BCUT2D eigenvalue weighted by Crippen LogP contribution is -2.37. The highest BCUT2D eigenvalue weighted by molar-refractivity contribution is 4.95. The van der Waals surface area contributed by atoms with E-state index in [1.165, 1.54) is 19.4 Å². The minimum atomic E-state index is 0.655. The molecule has 17 heavy (non-hydrogen) atoms. The standard InChI is InChI=1S/C12H23N5/c1-4-17-10(2)14-15-12(17)9-16-7-5-6-11(16)8-13-3/h11,13H,4-9H2,1-3H3. The summed E-state index contributed by atoms with van der Waals surface area (Å²) < 4.78 is 2.20. The Morgan fingerprint density at radius 1 is 1.41 bits per heavy atom. The highest BCUT2D eigenvalue weighted by atomic mass is 15.3. The van der Waals surface area contributed by atoms with Crippen molar-refractivity contribution in [2.45, 2.75) is 45.8 Å². The van der Waals surface area contributed by atoms with Gasteiger partial charge in [0.15, 0.2) is 0 Å². The van der Waals surface area contributed by atoms with Crippen molar-refractivity contribution >= 4 is 0 Å². The van der Waals surface area contributed by atoms with E-state index in [0.29, 0.717) is 6.04 Å². The van der Waals surface area contributed by atoms with E-state index < -0.39 is 0 Å². The lowest BCUT2D eigenvalue weighted by Gasteiger charge is -2.23. The highest BCUT2D eigenvalue weighted by Crippen LogP contribution is 2.19. The zero-order valence-corrected chi connectivity index (χ0v) is 11.1. The molecule has 0 amide bonds. The van der Waals surface area contributed by atoms with Gasteiger partial charge in [0.05, 0.1) is 6.54 Å². The van der Waals surface area contributed by atoms with E-state index in [4.69, 9.17) is 0 Å². The molecule has 0 saturated carbocycles. The fraction of sp³-hybridized carbons (Fsp3) is 0.833. The molecule has 1 aromatic heterocycles. The van der Waals surface area contributed by atoms with Gasteiger partial charge in [0.25, 0.3) is 0 Å². The molecule has 5 heteroatoms. The number of nitrogens with zero attached hydrogens (tertiary/aromatic N) is 4. The minimum absolute atomic E-state index is 0.655. The summed E-state index contributed by atoms with van der Waals surface area (Å²) in [6.45, 7) is 8.31. The lowest BCUT2D eigenvalue weighted by molar-refractivity contribution is 0.233. The van der Waals surface area contributed by atoms with Gasteiger partial charge in [-0.3, -0.25) is 4.90 Å². The van der Waals surface area contributed by atoms with Gasteiger partial charge in [-0.1, -0.05) is 0 Å². The summed E-state index contributed by atoms with van der Waals surface area (Å²) in [5.41, 5.74) is 0. The summed E-state index contributed by atoms with van der Waals surface area (Å²) in [5.74, 6) is 2.12. The zero-order valence-electron chi connectivity index (χ0n) is 11.1. The van der Waals surface area contributed by atoms with E-state index in [1.807, 2.05) is 14.0 Å². The fourth-order valence-corrected chi connectivity index (χ4v) is 2.70. The number of hydrogen-bond donors (Lipinski definition) is 1. The number of aromatic nitrogens is 3. The molecule has 1 N–H and O–H groups in total. The monoisotopic (exact) mass is 237 g/mol. The second kappa shape index (κ2) is 5.60. The van der Waals surface area contributed by atoms with Crippen LogP contribution in [-0.2, 0) is 13.1 Å². The normalized spacial score (nSPS) is 21.2. The smallest absolute Gasteiger partial charge is 0.147 e. The molecule has 0 bridgehead atoms. The molecule has 1 unspecified atom stereocenters. The van der Waals surface area contributed by atoms with Crippen LogP contribution in [0.5, 0.6) is 0 Å². The van der Waals surface area contributed by atoms with Crippen LogP contribution in [0.15, 0.2) is 0 Å². The van der Waals surface area contributed by atoms with Gasteiger partial charge in [0.2, 0.25) is 0 Å². The number of rotatable bonds is 5. The summed E-state index contributed by atoms with van der Waals surface area (Å²) >= 11 is 0. The quantitative estimate of drug-likeness (QED) is 0.822. The van der Waals surface area contributed by atoms with E-state index in [0.717, 1.165) is 31.3 Å². The SMILES string of the molecule is CCn1c(C)nnc1CN1CCCC1CNC. The third-order valence-electron chi connectivity index (χ3n) is 3.61. The van der Waals surface area contributed by atoms with Crippen molar-refractivity contribution in [3.63, 3.8) is 0 Å². The third kappa shape index (κ3) is 2.66. The van der Waals surface area contributed by atoms with Crippen molar-refractivity contribution in [2.75, 3.05) is 20.1 Å². The predicted octanol–water partition coefficient (Wildman–Crippen LogP) is 0.790. The minimum Gasteiger partial charge on any atom is -0.318 e. The first-order chi connectivity index (χ1) is 8.26. The molecule has 1 fully saturated rings. The highest BCUT2D eigenvalue weighted by Gasteiger charge is 2.25. The molecule has 1 saturated heterocycles. The molecule has 0 aliphatic carbocycles. The first kappa shape index (κ1) is 12.5. The molecule has 2 heterocycles. The lowest BCUT2D eigenvalue weighted by atomic mass is 10.2. The molecule has 1 aromatic rings. The summed E-state index contributed by atoms with van der Waals surface area (Å²) in [5, 5.41) is 11.7. The van der Waals surface area contributed by atoms with Crippen molar-refractivity contribution in [1.29, 1.82) is 0 Å². The Labute approximate surface area is 103 Å². The molecule has 96 valence electrons. The van der Waals surface area contributed by atoms with Crippen molar-refractivity contribution in [3.05, 3.63) is 11.6 Å². The van der Waals surface area contributed by atoms with Crippen LogP contribution in [0.2, 0.25) is 0 Å². The molecule has 2 rings (SSSR count). The Morgan fingerprint density at radius 2 is 2.24 bits per heavy atom. The topological polar surface area (TPSA) is 46.0 Å². The summed E-state index contributed by atoms with van der Waals surface area (Å²) in [6.07, 6.45) is 2.59. The Bertz CT molecular complexity index is 360. The van der Waals surface area contributed by atoms with E-state index in [1.54, 1.807) is 0 Å². The second-order valence-corrected chi connectivity index (χ2v) is 4.73. The van der Waals surface area contributed by atoms with E-state index in [-0.39, 0.29) is 0 Å².